The Morgan fingerprint density at radius 2 is 2.24 bits per heavy atom. The van der Waals surface area contributed by atoms with Gasteiger partial charge in [-0.1, -0.05) is 23.1 Å². The molecule has 0 spiro atoms. The lowest BCUT2D eigenvalue weighted by Crippen LogP contribution is -2.22. The quantitative estimate of drug-likeness (QED) is 0.566. The number of aromatic nitrogens is 2. The van der Waals surface area contributed by atoms with E-state index in [1.165, 1.54) is 37.3 Å². The highest BCUT2D eigenvalue weighted by atomic mass is 32.2. The summed E-state index contributed by atoms with van der Waals surface area (Å²) in [4.78, 5) is 22.6. The van der Waals surface area contributed by atoms with Gasteiger partial charge >= 0.3 is 11.9 Å². The summed E-state index contributed by atoms with van der Waals surface area (Å²) < 4.78 is 9.92. The predicted octanol–water partition coefficient (Wildman–Crippen LogP) is 0.982. The Kier molecular flexibility index (Phi) is 5.92. The zero-order valence-electron chi connectivity index (χ0n) is 9.41. The fraction of sp³-hybridized carbons (Fsp3) is 0.556. The largest absolute Gasteiger partial charge is 0.469 e. The molecule has 0 fully saturated rings. The summed E-state index contributed by atoms with van der Waals surface area (Å²) in [6.07, 6.45) is 0.00891. The van der Waals surface area contributed by atoms with Crippen LogP contribution in [0.25, 0.3) is 0 Å². The molecule has 1 unspecified atom stereocenters. The average Bonchev–Trinajstić information content (AvgIpc) is 2.86. The molecule has 0 aliphatic heterocycles. The highest BCUT2D eigenvalue weighted by molar-refractivity contribution is 8.01. The van der Waals surface area contributed by atoms with Crippen LogP contribution >= 0.6 is 23.1 Å². The third kappa shape index (κ3) is 4.70. The maximum absolute atomic E-state index is 11.4. The fourth-order valence-corrected chi connectivity index (χ4v) is 2.65. The monoisotopic (exact) mass is 276 g/mol. The average molecular weight is 276 g/mol. The Morgan fingerprint density at radius 3 is 2.76 bits per heavy atom. The van der Waals surface area contributed by atoms with Crippen LogP contribution < -0.4 is 0 Å². The summed E-state index contributed by atoms with van der Waals surface area (Å²) in [6, 6.07) is 0. The molecule has 0 N–H and O–H groups in total. The van der Waals surface area contributed by atoms with E-state index in [9.17, 15) is 9.59 Å². The number of carbonyl (C=O) groups is 2. The molecular formula is C9H12N2O4S2. The highest BCUT2D eigenvalue weighted by Crippen LogP contribution is 2.23. The number of esters is 2. The second-order valence-electron chi connectivity index (χ2n) is 3.02. The second-order valence-corrected chi connectivity index (χ2v) is 5.12. The van der Waals surface area contributed by atoms with E-state index in [-0.39, 0.29) is 6.42 Å². The van der Waals surface area contributed by atoms with Gasteiger partial charge in [-0.25, -0.2) is 0 Å². The summed E-state index contributed by atoms with van der Waals surface area (Å²) in [5.41, 5.74) is 1.61. The van der Waals surface area contributed by atoms with Gasteiger partial charge in [-0.05, 0) is 0 Å². The molecule has 17 heavy (non-hydrogen) atoms. The summed E-state index contributed by atoms with van der Waals surface area (Å²) in [7, 11) is 2.58. The minimum Gasteiger partial charge on any atom is -0.469 e. The van der Waals surface area contributed by atoms with Crippen molar-refractivity contribution in [1.29, 1.82) is 0 Å². The third-order valence-corrected chi connectivity index (χ3v) is 3.95. The molecule has 0 saturated carbocycles. The molecule has 8 heteroatoms. The van der Waals surface area contributed by atoms with Gasteiger partial charge in [0.05, 0.1) is 26.6 Å². The third-order valence-electron chi connectivity index (χ3n) is 1.92. The van der Waals surface area contributed by atoms with Crippen LogP contribution in [0.15, 0.2) is 9.85 Å². The van der Waals surface area contributed by atoms with Crippen molar-refractivity contribution in [3.63, 3.8) is 0 Å². The summed E-state index contributed by atoms with van der Waals surface area (Å²) in [5, 5.41) is 7.52. The molecule has 1 atom stereocenters. The topological polar surface area (TPSA) is 78.4 Å². The number of hydrogen-bond acceptors (Lipinski definition) is 8. The van der Waals surface area contributed by atoms with Crippen molar-refractivity contribution in [2.75, 3.05) is 20.0 Å². The Labute approximate surface area is 107 Å². The molecule has 0 aromatic carbocycles. The van der Waals surface area contributed by atoms with Gasteiger partial charge in [0.25, 0.3) is 0 Å². The Bertz CT molecular complexity index is 369. The van der Waals surface area contributed by atoms with Crippen molar-refractivity contribution in [3.05, 3.63) is 5.51 Å². The van der Waals surface area contributed by atoms with E-state index in [2.05, 4.69) is 19.7 Å². The van der Waals surface area contributed by atoms with Crippen molar-refractivity contribution in [2.24, 2.45) is 5.92 Å². The molecule has 0 bridgehead atoms. The molecule has 6 nitrogen and oxygen atoms in total. The summed E-state index contributed by atoms with van der Waals surface area (Å²) in [6.45, 7) is 0. The predicted molar refractivity (Wildman–Crippen MR) is 62.8 cm³/mol. The highest BCUT2D eigenvalue weighted by Gasteiger charge is 2.23. The standard InChI is InChI=1S/C9H12N2O4S2/c1-14-7(12)3-6(8(13)15-2)4-16-9-11-10-5-17-9/h5-6H,3-4H2,1-2H3. The second kappa shape index (κ2) is 7.23. The van der Waals surface area contributed by atoms with Crippen LogP contribution in [0.1, 0.15) is 6.42 Å². The van der Waals surface area contributed by atoms with E-state index in [1.54, 1.807) is 5.51 Å². The number of nitrogens with zero attached hydrogens (tertiary/aromatic N) is 2. The maximum Gasteiger partial charge on any atom is 0.310 e. The van der Waals surface area contributed by atoms with Gasteiger partial charge in [-0.3, -0.25) is 9.59 Å². The van der Waals surface area contributed by atoms with Crippen LogP contribution in [-0.4, -0.2) is 42.1 Å². The van der Waals surface area contributed by atoms with Crippen LogP contribution in [0.5, 0.6) is 0 Å². The van der Waals surface area contributed by atoms with E-state index >= 15 is 0 Å². The van der Waals surface area contributed by atoms with Gasteiger partial charge in [0.2, 0.25) is 0 Å². The Balaban J connectivity index is 2.51. The van der Waals surface area contributed by atoms with Crippen LogP contribution in [-0.2, 0) is 19.1 Å². The van der Waals surface area contributed by atoms with Crippen LogP contribution in [0.3, 0.4) is 0 Å². The smallest absolute Gasteiger partial charge is 0.310 e. The van der Waals surface area contributed by atoms with Gasteiger partial charge in [0, 0.05) is 5.75 Å². The van der Waals surface area contributed by atoms with Gasteiger partial charge in [0.15, 0.2) is 4.34 Å². The zero-order chi connectivity index (χ0) is 12.7. The molecular weight excluding hydrogens is 264 g/mol. The van der Waals surface area contributed by atoms with Crippen molar-refractivity contribution in [2.45, 2.75) is 10.8 Å². The molecule has 1 aromatic heterocycles. The van der Waals surface area contributed by atoms with Gasteiger partial charge in [0.1, 0.15) is 5.51 Å². The molecule has 0 aliphatic carbocycles. The van der Waals surface area contributed by atoms with Crippen molar-refractivity contribution < 1.29 is 19.1 Å². The van der Waals surface area contributed by atoms with Crippen LogP contribution in [0.2, 0.25) is 0 Å². The van der Waals surface area contributed by atoms with Crippen LogP contribution in [0.4, 0.5) is 0 Å². The Morgan fingerprint density at radius 1 is 1.47 bits per heavy atom. The lowest BCUT2D eigenvalue weighted by Gasteiger charge is -2.11. The minimum atomic E-state index is -0.527. The lowest BCUT2D eigenvalue weighted by atomic mass is 10.1. The molecule has 0 radical (unpaired) electrons. The molecule has 0 amide bonds. The van der Waals surface area contributed by atoms with Crippen molar-refractivity contribution in [3.8, 4) is 0 Å². The molecule has 0 saturated heterocycles. The zero-order valence-corrected chi connectivity index (χ0v) is 11.0. The van der Waals surface area contributed by atoms with E-state index in [1.807, 2.05) is 0 Å². The minimum absolute atomic E-state index is 0.00891. The first-order valence-electron chi connectivity index (χ1n) is 4.71. The van der Waals surface area contributed by atoms with Gasteiger partial charge in [-0.15, -0.1) is 10.2 Å². The SMILES string of the molecule is COC(=O)CC(CSc1nncs1)C(=O)OC. The van der Waals surface area contributed by atoms with Crippen molar-refractivity contribution in [1.82, 2.24) is 10.2 Å². The first kappa shape index (κ1) is 13.9. The van der Waals surface area contributed by atoms with Gasteiger partial charge < -0.3 is 9.47 Å². The Hall–Kier alpha value is -1.15. The first-order chi connectivity index (χ1) is 8.17. The number of ether oxygens (including phenoxy) is 2. The molecule has 1 aromatic rings. The molecule has 1 rings (SSSR count). The summed E-state index contributed by atoms with van der Waals surface area (Å²) in [5.74, 6) is -0.969. The molecule has 1 heterocycles. The van der Waals surface area contributed by atoms with E-state index in [0.29, 0.717) is 5.75 Å². The number of hydrogen-bond donors (Lipinski definition) is 0. The normalized spacial score (nSPS) is 11.9. The number of thioether (sulfide) groups is 1. The number of carbonyl (C=O) groups excluding carboxylic acids is 2. The number of methoxy groups -OCH3 is 2. The first-order valence-corrected chi connectivity index (χ1v) is 6.57. The van der Waals surface area contributed by atoms with E-state index in [0.717, 1.165) is 4.34 Å². The van der Waals surface area contributed by atoms with Crippen LogP contribution in [0, 0.1) is 5.92 Å². The molecule has 94 valence electrons. The maximum atomic E-state index is 11.4. The van der Waals surface area contributed by atoms with E-state index < -0.39 is 17.9 Å². The van der Waals surface area contributed by atoms with Gasteiger partial charge in [-0.2, -0.15) is 0 Å². The summed E-state index contributed by atoms with van der Waals surface area (Å²) >= 11 is 2.75. The fourth-order valence-electron chi connectivity index (χ4n) is 1.06. The van der Waals surface area contributed by atoms with Crippen molar-refractivity contribution >= 4 is 35.0 Å². The molecule has 0 aliphatic rings. The number of rotatable bonds is 6. The van der Waals surface area contributed by atoms with E-state index in [4.69, 9.17) is 0 Å². The lowest BCUT2D eigenvalue weighted by molar-refractivity contribution is -0.151.